The van der Waals surface area contributed by atoms with Gasteiger partial charge in [-0.1, -0.05) is 18.2 Å². The van der Waals surface area contributed by atoms with Crippen molar-refractivity contribution in [2.45, 2.75) is 18.3 Å². The van der Waals surface area contributed by atoms with Crippen LogP contribution in [0.25, 0.3) is 0 Å². The average Bonchev–Trinajstić information content (AvgIpc) is 2.91. The molecule has 108 valence electrons. The molecule has 0 atom stereocenters. The van der Waals surface area contributed by atoms with E-state index in [1.54, 1.807) is 24.3 Å². The first-order valence-electron chi connectivity index (χ1n) is 5.86. The van der Waals surface area contributed by atoms with Gasteiger partial charge < -0.3 is 14.3 Å². The third-order valence-corrected chi connectivity index (χ3v) is 3.86. The van der Waals surface area contributed by atoms with E-state index >= 15 is 0 Å². The lowest BCUT2D eigenvalue weighted by molar-refractivity contribution is 0.185. The van der Waals surface area contributed by atoms with E-state index in [-0.39, 0.29) is 17.5 Å². The summed E-state index contributed by atoms with van der Waals surface area (Å²) in [4.78, 5) is 0. The van der Waals surface area contributed by atoms with E-state index < -0.39 is 10.0 Å². The van der Waals surface area contributed by atoms with Gasteiger partial charge in [-0.05, 0) is 18.2 Å². The van der Waals surface area contributed by atoms with Crippen molar-refractivity contribution in [1.82, 2.24) is 0 Å². The first-order valence-corrected chi connectivity index (χ1v) is 7.34. The quantitative estimate of drug-likeness (QED) is 0.847. The maximum absolute atomic E-state index is 12.2. The Morgan fingerprint density at radius 1 is 1.25 bits per heavy atom. The van der Waals surface area contributed by atoms with Gasteiger partial charge in [0.25, 0.3) is 10.0 Å². The lowest BCUT2D eigenvalue weighted by atomic mass is 10.2. The summed E-state index contributed by atoms with van der Waals surface area (Å²) in [6, 6.07) is 9.63. The molecule has 0 bridgehead atoms. The van der Waals surface area contributed by atoms with E-state index in [1.165, 1.54) is 19.2 Å². The van der Waals surface area contributed by atoms with Gasteiger partial charge in [-0.15, -0.1) is 0 Å². The summed E-state index contributed by atoms with van der Waals surface area (Å²) >= 11 is 0. The molecule has 1 heterocycles. The molecular weight excluding hydrogens is 282 g/mol. The van der Waals surface area contributed by atoms with Gasteiger partial charge in [0, 0.05) is 12.7 Å². The normalized spacial score (nSPS) is 11.5. The van der Waals surface area contributed by atoms with Crippen molar-refractivity contribution in [2.24, 2.45) is 0 Å². The highest BCUT2D eigenvalue weighted by Crippen LogP contribution is 2.22. The van der Waals surface area contributed by atoms with Crippen LogP contribution in [0.3, 0.4) is 0 Å². The molecule has 0 aliphatic heterocycles. The number of methoxy groups -OCH3 is 1. The molecule has 0 saturated carbocycles. The minimum atomic E-state index is -3.83. The van der Waals surface area contributed by atoms with Gasteiger partial charge in [-0.2, -0.15) is 8.42 Å². The number of rotatable bonds is 6. The predicted molar refractivity (Wildman–Crippen MR) is 72.6 cm³/mol. The highest BCUT2D eigenvalue weighted by molar-refractivity contribution is 7.92. The Morgan fingerprint density at radius 2 is 2.00 bits per heavy atom. The van der Waals surface area contributed by atoms with Crippen molar-refractivity contribution in [2.75, 3.05) is 11.8 Å². The minimum Gasteiger partial charge on any atom is -0.445 e. The van der Waals surface area contributed by atoms with Gasteiger partial charge in [0.05, 0.1) is 12.3 Å². The van der Waals surface area contributed by atoms with Crippen molar-refractivity contribution < 1.29 is 22.7 Å². The lowest BCUT2D eigenvalue weighted by Crippen LogP contribution is -2.13. The fraction of sp³-hybridized carbons (Fsp3) is 0.231. The van der Waals surface area contributed by atoms with Crippen LogP contribution in [0.2, 0.25) is 0 Å². The third-order valence-electron chi connectivity index (χ3n) is 2.62. The highest BCUT2D eigenvalue weighted by atomic mass is 32.2. The van der Waals surface area contributed by atoms with Crippen LogP contribution in [0.15, 0.2) is 45.9 Å². The summed E-state index contributed by atoms with van der Waals surface area (Å²) in [7, 11) is -2.29. The summed E-state index contributed by atoms with van der Waals surface area (Å²) in [6.45, 7) is -0.0610. The topological polar surface area (TPSA) is 88.8 Å². The van der Waals surface area contributed by atoms with E-state index in [4.69, 9.17) is 14.3 Å². The largest absolute Gasteiger partial charge is 0.445 e. The van der Waals surface area contributed by atoms with Crippen LogP contribution in [0, 0.1) is 0 Å². The maximum Gasteiger partial charge on any atom is 0.295 e. The van der Waals surface area contributed by atoms with Crippen LogP contribution in [-0.4, -0.2) is 20.6 Å². The molecular formula is C13H15NO5S. The van der Waals surface area contributed by atoms with Gasteiger partial charge in [0.15, 0.2) is 0 Å². The second-order valence-corrected chi connectivity index (χ2v) is 5.69. The first kappa shape index (κ1) is 14.6. The van der Waals surface area contributed by atoms with Crippen LogP contribution in [0.5, 0.6) is 0 Å². The van der Waals surface area contributed by atoms with Crippen LogP contribution < -0.4 is 4.72 Å². The number of furan rings is 1. The van der Waals surface area contributed by atoms with Crippen molar-refractivity contribution in [3.05, 3.63) is 47.7 Å². The number of ether oxygens (including phenoxy) is 1. The summed E-state index contributed by atoms with van der Waals surface area (Å²) in [6.07, 6.45) is 0. The smallest absolute Gasteiger partial charge is 0.295 e. The molecule has 1 aromatic carbocycles. The van der Waals surface area contributed by atoms with Crippen molar-refractivity contribution in [3.63, 3.8) is 0 Å². The number of sulfonamides is 1. The van der Waals surface area contributed by atoms with Gasteiger partial charge in [0.2, 0.25) is 5.09 Å². The number of anilines is 1. The zero-order valence-electron chi connectivity index (χ0n) is 10.9. The van der Waals surface area contributed by atoms with E-state index in [0.29, 0.717) is 17.9 Å². The SMILES string of the molecule is COCc1ccccc1NS(=O)(=O)c1ccc(CO)o1. The van der Waals surface area contributed by atoms with E-state index in [1.807, 2.05) is 0 Å². The molecule has 20 heavy (non-hydrogen) atoms. The Hall–Kier alpha value is -1.83. The molecule has 6 nitrogen and oxygen atoms in total. The molecule has 0 unspecified atom stereocenters. The number of nitrogens with one attached hydrogen (secondary N) is 1. The molecule has 0 saturated heterocycles. The average molecular weight is 297 g/mol. The van der Waals surface area contributed by atoms with Gasteiger partial charge in [-0.3, -0.25) is 4.72 Å². The summed E-state index contributed by atoms with van der Waals surface area (Å²) < 4.78 is 36.8. The van der Waals surface area contributed by atoms with Crippen molar-refractivity contribution >= 4 is 15.7 Å². The molecule has 0 aliphatic carbocycles. The third kappa shape index (κ3) is 3.19. The molecule has 0 aliphatic rings. The molecule has 2 aromatic rings. The summed E-state index contributed by atoms with van der Waals surface area (Å²) in [5, 5.41) is 8.65. The second kappa shape index (κ2) is 6.08. The molecule has 0 radical (unpaired) electrons. The molecule has 7 heteroatoms. The standard InChI is InChI=1S/C13H15NO5S/c1-18-9-10-4-2-3-5-12(10)14-20(16,17)13-7-6-11(8-15)19-13/h2-7,14-15H,8-9H2,1H3. The Labute approximate surface area is 117 Å². The Balaban J connectivity index is 2.28. The van der Waals surface area contributed by atoms with E-state index in [9.17, 15) is 8.42 Å². The zero-order chi connectivity index (χ0) is 14.6. The Kier molecular flexibility index (Phi) is 4.43. The first-order chi connectivity index (χ1) is 9.56. The molecule has 2 N–H and O–H groups in total. The van der Waals surface area contributed by atoms with Crippen LogP contribution >= 0.6 is 0 Å². The number of aliphatic hydroxyl groups is 1. The fourth-order valence-corrected chi connectivity index (χ4v) is 2.74. The summed E-state index contributed by atoms with van der Waals surface area (Å²) in [5.74, 6) is 0.190. The van der Waals surface area contributed by atoms with Crippen molar-refractivity contribution in [3.8, 4) is 0 Å². The monoisotopic (exact) mass is 297 g/mol. The molecule has 2 rings (SSSR count). The minimum absolute atomic E-state index is 0.190. The zero-order valence-corrected chi connectivity index (χ0v) is 11.7. The summed E-state index contributed by atoms with van der Waals surface area (Å²) in [5.41, 5.74) is 1.14. The maximum atomic E-state index is 12.2. The van der Waals surface area contributed by atoms with Crippen LogP contribution in [-0.2, 0) is 28.0 Å². The van der Waals surface area contributed by atoms with Gasteiger partial charge in [0.1, 0.15) is 12.4 Å². The number of para-hydroxylation sites is 1. The van der Waals surface area contributed by atoms with E-state index in [0.717, 1.165) is 0 Å². The van der Waals surface area contributed by atoms with Crippen LogP contribution in [0.4, 0.5) is 5.69 Å². The van der Waals surface area contributed by atoms with Gasteiger partial charge >= 0.3 is 0 Å². The number of aliphatic hydroxyl groups excluding tert-OH is 1. The lowest BCUT2D eigenvalue weighted by Gasteiger charge is -2.10. The number of benzene rings is 1. The fourth-order valence-electron chi connectivity index (χ4n) is 1.68. The Bertz CT molecular complexity index is 678. The van der Waals surface area contributed by atoms with Crippen LogP contribution in [0.1, 0.15) is 11.3 Å². The van der Waals surface area contributed by atoms with Crippen molar-refractivity contribution in [1.29, 1.82) is 0 Å². The Morgan fingerprint density at radius 3 is 2.65 bits per heavy atom. The predicted octanol–water partition coefficient (Wildman–Crippen LogP) is 1.72. The second-order valence-electron chi connectivity index (χ2n) is 4.07. The molecule has 0 spiro atoms. The van der Waals surface area contributed by atoms with E-state index in [2.05, 4.69) is 4.72 Å². The highest BCUT2D eigenvalue weighted by Gasteiger charge is 2.20. The molecule has 0 fully saturated rings. The number of hydrogen-bond acceptors (Lipinski definition) is 5. The van der Waals surface area contributed by atoms with Gasteiger partial charge in [-0.25, -0.2) is 0 Å². The number of hydrogen-bond donors (Lipinski definition) is 2. The molecule has 1 aromatic heterocycles. The molecule has 0 amide bonds.